The molecule has 0 fully saturated rings. The van der Waals surface area contributed by atoms with Crippen LogP contribution in [0.25, 0.3) is 0 Å². The molecule has 1 unspecified atom stereocenters. The summed E-state index contributed by atoms with van der Waals surface area (Å²) in [7, 11) is 0. The van der Waals surface area contributed by atoms with Gasteiger partial charge in [0.1, 0.15) is 23.9 Å². The molecule has 0 spiro atoms. The minimum absolute atomic E-state index is 0.153. The average molecular weight is 505 g/mol. The molecule has 2 N–H and O–H groups in total. The number of halogens is 1. The molecule has 0 aliphatic heterocycles. The topological polar surface area (TPSA) is 97.3 Å². The van der Waals surface area contributed by atoms with Gasteiger partial charge < -0.3 is 29.5 Å². The molecule has 0 bridgehead atoms. The van der Waals surface area contributed by atoms with Crippen molar-refractivity contribution >= 4 is 12.0 Å². The fraction of sp³-hybridized carbons (Fsp3) is 0.481. The van der Waals surface area contributed by atoms with Crippen LogP contribution in [-0.4, -0.2) is 67.6 Å². The van der Waals surface area contributed by atoms with Crippen molar-refractivity contribution in [1.29, 1.82) is 0 Å². The molecule has 198 valence electrons. The number of ether oxygens (including phenoxy) is 3. The van der Waals surface area contributed by atoms with E-state index in [1.807, 2.05) is 12.1 Å². The number of carboxylic acids is 1. The van der Waals surface area contributed by atoms with Crippen LogP contribution >= 0.6 is 0 Å². The Bertz CT molecular complexity index is 907. The number of unbranched alkanes of at least 4 members (excludes halogenated alkanes) is 1. The quantitative estimate of drug-likeness (QED) is 0.308. The van der Waals surface area contributed by atoms with Crippen LogP contribution < -0.4 is 14.8 Å². The van der Waals surface area contributed by atoms with Gasteiger partial charge >= 0.3 is 12.0 Å². The molecular weight excluding hydrogens is 467 g/mol. The number of urea groups is 1. The molecule has 0 aromatic heterocycles. The Morgan fingerprint density at radius 2 is 1.58 bits per heavy atom. The summed E-state index contributed by atoms with van der Waals surface area (Å²) in [5.74, 6) is -0.0921. The van der Waals surface area contributed by atoms with Crippen LogP contribution in [0.1, 0.15) is 38.7 Å². The highest BCUT2D eigenvalue weighted by molar-refractivity contribution is 5.74. The third-order valence-electron chi connectivity index (χ3n) is 5.37. The Balaban J connectivity index is 1.83. The molecule has 2 amide bonds. The molecule has 0 saturated carbocycles. The van der Waals surface area contributed by atoms with Crippen molar-refractivity contribution in [3.05, 3.63) is 59.9 Å². The Morgan fingerprint density at radius 1 is 0.944 bits per heavy atom. The number of hydrogen-bond acceptors (Lipinski definition) is 5. The molecule has 0 saturated heterocycles. The van der Waals surface area contributed by atoms with Crippen molar-refractivity contribution in [2.24, 2.45) is 0 Å². The van der Waals surface area contributed by atoms with Gasteiger partial charge in [-0.3, -0.25) is 0 Å². The van der Waals surface area contributed by atoms with Crippen molar-refractivity contribution in [1.82, 2.24) is 10.2 Å². The molecule has 2 rings (SSSR count). The monoisotopic (exact) mass is 504 g/mol. The first-order chi connectivity index (χ1) is 17.4. The van der Waals surface area contributed by atoms with Crippen LogP contribution in [0.2, 0.25) is 0 Å². The third kappa shape index (κ3) is 10.9. The van der Waals surface area contributed by atoms with E-state index in [4.69, 9.17) is 14.2 Å². The lowest BCUT2D eigenvalue weighted by molar-refractivity contribution is -0.149. The van der Waals surface area contributed by atoms with E-state index in [9.17, 15) is 19.1 Å². The van der Waals surface area contributed by atoms with E-state index in [1.165, 1.54) is 12.1 Å². The summed E-state index contributed by atoms with van der Waals surface area (Å²) >= 11 is 0. The predicted octanol–water partition coefficient (Wildman–Crippen LogP) is 4.52. The Kier molecular flexibility index (Phi) is 13.1. The zero-order valence-electron chi connectivity index (χ0n) is 21.1. The zero-order chi connectivity index (χ0) is 26.2. The lowest BCUT2D eigenvalue weighted by Crippen LogP contribution is -2.43. The predicted molar refractivity (Wildman–Crippen MR) is 135 cm³/mol. The number of benzene rings is 2. The number of hydrogen-bond donors (Lipinski definition) is 2. The van der Waals surface area contributed by atoms with E-state index in [-0.39, 0.29) is 18.3 Å². The summed E-state index contributed by atoms with van der Waals surface area (Å²) in [6.07, 6.45) is 1.89. The molecule has 1 atom stereocenters. The van der Waals surface area contributed by atoms with E-state index in [2.05, 4.69) is 12.2 Å². The number of amides is 2. The molecule has 0 heterocycles. The third-order valence-corrected chi connectivity index (χ3v) is 5.37. The second-order valence-electron chi connectivity index (χ2n) is 8.21. The van der Waals surface area contributed by atoms with Crippen LogP contribution in [0.4, 0.5) is 9.18 Å². The number of nitrogens with zero attached hydrogens (tertiary/aromatic N) is 1. The highest BCUT2D eigenvalue weighted by Crippen LogP contribution is 2.15. The molecule has 0 radical (unpaired) electrons. The van der Waals surface area contributed by atoms with E-state index >= 15 is 0 Å². The van der Waals surface area contributed by atoms with Gasteiger partial charge in [-0.2, -0.15) is 0 Å². The largest absolute Gasteiger partial charge is 0.494 e. The maximum atomic E-state index is 13.0. The second kappa shape index (κ2) is 16.4. The minimum atomic E-state index is -0.988. The van der Waals surface area contributed by atoms with Crippen molar-refractivity contribution < 1.29 is 33.3 Å². The molecule has 36 heavy (non-hydrogen) atoms. The van der Waals surface area contributed by atoms with Gasteiger partial charge in [0.2, 0.25) is 0 Å². The fourth-order valence-electron chi connectivity index (χ4n) is 3.40. The SMILES string of the molecule is CCCCNC(=O)N(CCCOc1ccc(F)cc1)CCOc1ccc(CC(OCC)C(=O)O)cc1. The summed E-state index contributed by atoms with van der Waals surface area (Å²) in [5, 5.41) is 12.2. The molecule has 0 aliphatic carbocycles. The highest BCUT2D eigenvalue weighted by atomic mass is 19.1. The number of carbonyl (C=O) groups excluding carboxylic acids is 1. The summed E-state index contributed by atoms with van der Waals surface area (Å²) in [4.78, 5) is 25.6. The number of aliphatic carboxylic acids is 1. The summed E-state index contributed by atoms with van der Waals surface area (Å²) < 4.78 is 29.7. The number of nitrogens with one attached hydrogen (secondary N) is 1. The van der Waals surface area contributed by atoms with Gasteiger partial charge in [0.05, 0.1) is 13.2 Å². The molecular formula is C27H37FN2O6. The maximum Gasteiger partial charge on any atom is 0.333 e. The first kappa shape index (κ1) is 28.9. The van der Waals surface area contributed by atoms with Gasteiger partial charge in [0.25, 0.3) is 0 Å². The van der Waals surface area contributed by atoms with Gasteiger partial charge in [-0.15, -0.1) is 0 Å². The average Bonchev–Trinajstić information content (AvgIpc) is 2.87. The lowest BCUT2D eigenvalue weighted by atomic mass is 10.1. The summed E-state index contributed by atoms with van der Waals surface area (Å²) in [5.41, 5.74) is 0.835. The maximum absolute atomic E-state index is 13.0. The van der Waals surface area contributed by atoms with Crippen LogP contribution in [0.3, 0.4) is 0 Å². The molecule has 2 aromatic carbocycles. The Morgan fingerprint density at radius 3 is 2.19 bits per heavy atom. The van der Waals surface area contributed by atoms with Crippen LogP contribution in [0.5, 0.6) is 11.5 Å². The van der Waals surface area contributed by atoms with E-state index in [0.717, 1.165) is 18.4 Å². The van der Waals surface area contributed by atoms with Gasteiger partial charge in [-0.25, -0.2) is 14.0 Å². The first-order valence-corrected chi connectivity index (χ1v) is 12.4. The van der Waals surface area contributed by atoms with Crippen LogP contribution in [0.15, 0.2) is 48.5 Å². The van der Waals surface area contributed by atoms with Crippen molar-refractivity contribution in [2.75, 3.05) is 39.5 Å². The molecule has 8 nitrogen and oxygen atoms in total. The summed E-state index contributed by atoms with van der Waals surface area (Å²) in [6, 6.07) is 12.9. The highest BCUT2D eigenvalue weighted by Gasteiger charge is 2.18. The zero-order valence-corrected chi connectivity index (χ0v) is 21.1. The van der Waals surface area contributed by atoms with Crippen molar-refractivity contribution in [3.8, 4) is 11.5 Å². The lowest BCUT2D eigenvalue weighted by Gasteiger charge is -2.23. The van der Waals surface area contributed by atoms with Crippen molar-refractivity contribution in [2.45, 2.75) is 45.6 Å². The molecule has 9 heteroatoms. The number of rotatable bonds is 17. The number of carboxylic acid groups (broad SMARTS) is 1. The van der Waals surface area contributed by atoms with Gasteiger partial charge in [0.15, 0.2) is 6.10 Å². The van der Waals surface area contributed by atoms with Crippen LogP contribution in [0, 0.1) is 5.82 Å². The van der Waals surface area contributed by atoms with Gasteiger partial charge in [-0.05, 0) is 61.7 Å². The van der Waals surface area contributed by atoms with Gasteiger partial charge in [0, 0.05) is 26.1 Å². The standard InChI is InChI=1S/C27H37FN2O6/c1-3-5-15-29-27(33)30(16-6-18-35-24-13-9-22(28)10-14-24)17-19-36-23-11-7-21(8-12-23)20-25(26(31)32)34-4-2/h7-14,25H,3-6,15-20H2,1-2H3,(H,29,33)(H,31,32). The normalized spacial score (nSPS) is 11.5. The van der Waals surface area contributed by atoms with E-state index in [0.29, 0.717) is 57.4 Å². The fourth-order valence-corrected chi connectivity index (χ4v) is 3.40. The van der Waals surface area contributed by atoms with Gasteiger partial charge in [-0.1, -0.05) is 25.5 Å². The molecule has 0 aliphatic rings. The van der Waals surface area contributed by atoms with E-state index < -0.39 is 12.1 Å². The Labute approximate surface area is 212 Å². The second-order valence-corrected chi connectivity index (χ2v) is 8.21. The number of carbonyl (C=O) groups is 2. The van der Waals surface area contributed by atoms with Crippen LogP contribution in [-0.2, 0) is 16.0 Å². The first-order valence-electron chi connectivity index (χ1n) is 12.4. The van der Waals surface area contributed by atoms with Crippen molar-refractivity contribution in [3.63, 3.8) is 0 Å². The minimum Gasteiger partial charge on any atom is -0.494 e. The Hall–Kier alpha value is -3.33. The van der Waals surface area contributed by atoms with E-state index in [1.54, 1.807) is 36.1 Å². The summed E-state index contributed by atoms with van der Waals surface area (Å²) in [6.45, 7) is 6.34. The smallest absolute Gasteiger partial charge is 0.333 e. The molecule has 2 aromatic rings.